The second kappa shape index (κ2) is 21.1. The molecule has 0 amide bonds. The topological polar surface area (TPSA) is 71.1 Å². The van der Waals surface area contributed by atoms with Gasteiger partial charge in [0, 0.05) is 86.4 Å². The SMILES string of the molecule is CCN(CC)N=Nc1cccc(C#Cc2ccc3ccccc3c2-c2c(C#Cc3cc(C#Cc4ccc5ccccc5c4-c4c(C#C[Si](C)(C)C)ccc5ccccc45)cc([N+](=O)[O-])c3)ccc3ccccc23)c1. The van der Waals surface area contributed by atoms with Crippen LogP contribution in [0.1, 0.15) is 52.8 Å². The van der Waals surface area contributed by atoms with E-state index in [0.29, 0.717) is 11.1 Å². The largest absolute Gasteiger partial charge is 0.279 e. The third-order valence-corrected chi connectivity index (χ3v) is 13.7. The van der Waals surface area contributed by atoms with Crippen LogP contribution in [0.4, 0.5) is 11.4 Å². The fourth-order valence-electron chi connectivity index (χ4n) is 9.23. The Balaban J connectivity index is 1.11. The zero-order valence-corrected chi connectivity index (χ0v) is 42.9. The lowest BCUT2D eigenvalue weighted by Gasteiger charge is -2.15. The molecule has 0 saturated carbocycles. The highest BCUT2D eigenvalue weighted by atomic mass is 28.3. The Morgan fingerprint density at radius 2 is 0.838 bits per heavy atom. The molecule has 10 aromatic carbocycles. The number of hydrogen-bond acceptors (Lipinski definition) is 4. The molecule has 0 aliphatic rings. The van der Waals surface area contributed by atoms with E-state index in [2.05, 4.69) is 182 Å². The fourth-order valence-corrected chi connectivity index (χ4v) is 9.73. The van der Waals surface area contributed by atoms with Gasteiger partial charge in [-0.3, -0.25) is 15.1 Å². The number of non-ortho nitro benzene ring substituents is 1. The Hall–Kier alpha value is -9.50. The molecule has 7 heteroatoms. The van der Waals surface area contributed by atoms with Gasteiger partial charge in [-0.25, -0.2) is 0 Å². The highest BCUT2D eigenvalue weighted by Crippen LogP contribution is 2.41. The van der Waals surface area contributed by atoms with Crippen LogP contribution in [-0.2, 0) is 0 Å². The summed E-state index contributed by atoms with van der Waals surface area (Å²) < 4.78 is 0. The smallest absolute Gasteiger partial charge is 0.271 e. The molecule has 354 valence electrons. The third-order valence-electron chi connectivity index (χ3n) is 12.8. The minimum Gasteiger partial charge on any atom is -0.279 e. The van der Waals surface area contributed by atoms with Crippen LogP contribution in [0.25, 0.3) is 65.3 Å². The number of fused-ring (bicyclic) bond motifs is 4. The summed E-state index contributed by atoms with van der Waals surface area (Å²) in [4.78, 5) is 12.2. The third kappa shape index (κ3) is 10.4. The van der Waals surface area contributed by atoms with E-state index < -0.39 is 8.07 Å². The van der Waals surface area contributed by atoms with Crippen LogP contribution in [0.15, 0.2) is 198 Å². The van der Waals surface area contributed by atoms with Crippen LogP contribution in [0.2, 0.25) is 19.6 Å². The Bertz CT molecular complexity index is 4170. The molecule has 6 nitrogen and oxygen atoms in total. The highest BCUT2D eigenvalue weighted by Gasteiger charge is 2.19. The lowest BCUT2D eigenvalue weighted by molar-refractivity contribution is -0.384. The number of nitrogens with zero attached hydrogens (tertiary/aromatic N) is 4. The molecule has 0 aromatic heterocycles. The standard InChI is InChI=1S/C67H50N4O2Si/c1-6-70(7-2)69-68-58-22-16-17-47(44-58)27-30-54-37-33-50-18-8-12-23-60(50)64(54)65-55(38-34-51-19-9-13-24-61(51)65)31-28-48-43-49(46-59(45-48)71(72)73)29-32-56-39-35-52-20-10-14-25-62(52)66(56)67-57(41-42-74(3,4)5)40-36-53-21-11-15-26-63(53)67/h8-26,33-40,43-46H,6-7H2,1-5H3. The molecular weight excluding hydrogens is 921 g/mol. The van der Waals surface area contributed by atoms with Crippen LogP contribution in [0.5, 0.6) is 0 Å². The number of nitro groups is 1. The minimum atomic E-state index is -1.74. The fraction of sp³-hybridized carbons (Fsp3) is 0.104. The number of hydrogen-bond donors (Lipinski definition) is 0. The average molecular weight is 971 g/mol. The Labute approximate surface area is 433 Å². The van der Waals surface area contributed by atoms with Gasteiger partial charge in [-0.15, -0.1) is 10.7 Å². The molecule has 0 aliphatic carbocycles. The molecule has 0 atom stereocenters. The molecule has 0 saturated heterocycles. The lowest BCUT2D eigenvalue weighted by atomic mass is 9.87. The molecule has 10 rings (SSSR count). The van der Waals surface area contributed by atoms with E-state index in [-0.39, 0.29) is 10.6 Å². The molecular formula is C67H50N4O2Si. The summed E-state index contributed by atoms with van der Waals surface area (Å²) >= 11 is 0. The summed E-state index contributed by atoms with van der Waals surface area (Å²) in [7, 11) is -1.74. The molecule has 0 bridgehead atoms. The maximum Gasteiger partial charge on any atom is 0.271 e. The van der Waals surface area contributed by atoms with Gasteiger partial charge in [-0.05, 0) is 105 Å². The van der Waals surface area contributed by atoms with Gasteiger partial charge in [-0.2, -0.15) is 0 Å². The number of nitro benzene ring substituents is 1. The van der Waals surface area contributed by atoms with Crippen molar-refractivity contribution in [3.8, 4) is 69.2 Å². The second-order valence-electron chi connectivity index (χ2n) is 19.0. The first-order valence-electron chi connectivity index (χ1n) is 24.8. The van der Waals surface area contributed by atoms with Gasteiger partial charge in [0.25, 0.3) is 5.69 Å². The van der Waals surface area contributed by atoms with E-state index in [1.54, 1.807) is 0 Å². The first kappa shape index (κ1) is 48.1. The van der Waals surface area contributed by atoms with Crippen molar-refractivity contribution < 1.29 is 4.92 Å². The summed E-state index contributed by atoms with van der Waals surface area (Å²) in [5, 5.41) is 31.8. The summed E-state index contributed by atoms with van der Waals surface area (Å²) in [5.74, 6) is 24.2. The summed E-state index contributed by atoms with van der Waals surface area (Å²) in [6, 6.07) is 62.6. The molecule has 0 spiro atoms. The maximum atomic E-state index is 12.6. The van der Waals surface area contributed by atoms with Gasteiger partial charge in [0.15, 0.2) is 0 Å². The van der Waals surface area contributed by atoms with Gasteiger partial charge >= 0.3 is 0 Å². The lowest BCUT2D eigenvalue weighted by Crippen LogP contribution is -2.16. The predicted molar refractivity (Wildman–Crippen MR) is 309 cm³/mol. The zero-order chi connectivity index (χ0) is 51.2. The van der Waals surface area contributed by atoms with E-state index in [1.807, 2.05) is 89.9 Å². The quantitative estimate of drug-likeness (QED) is 0.0525. The Morgan fingerprint density at radius 1 is 0.446 bits per heavy atom. The van der Waals surface area contributed by atoms with Crippen molar-refractivity contribution in [2.45, 2.75) is 33.5 Å². The Morgan fingerprint density at radius 3 is 1.23 bits per heavy atom. The summed E-state index contributed by atoms with van der Waals surface area (Å²) in [5.41, 5.74) is 13.2. The minimum absolute atomic E-state index is 0.0956. The van der Waals surface area contributed by atoms with Crippen LogP contribution >= 0.6 is 0 Å². The van der Waals surface area contributed by atoms with Gasteiger partial charge in [0.1, 0.15) is 8.07 Å². The van der Waals surface area contributed by atoms with Crippen LogP contribution < -0.4 is 0 Å². The number of benzene rings is 10. The highest BCUT2D eigenvalue weighted by molar-refractivity contribution is 6.83. The molecule has 0 fully saturated rings. The predicted octanol–water partition coefficient (Wildman–Crippen LogP) is 16.3. The molecule has 0 radical (unpaired) electrons. The molecule has 0 heterocycles. The van der Waals surface area contributed by atoms with E-state index in [4.69, 9.17) is 0 Å². The average Bonchev–Trinajstić information content (AvgIpc) is 3.43. The van der Waals surface area contributed by atoms with E-state index >= 15 is 0 Å². The van der Waals surface area contributed by atoms with Crippen molar-refractivity contribution in [1.29, 1.82) is 0 Å². The van der Waals surface area contributed by atoms with Crippen LogP contribution in [0, 0.1) is 57.1 Å². The summed E-state index contributed by atoms with van der Waals surface area (Å²) in [6.45, 7) is 12.4. The summed E-state index contributed by atoms with van der Waals surface area (Å²) in [6.07, 6.45) is 0. The first-order chi connectivity index (χ1) is 36.0. The van der Waals surface area contributed by atoms with Crippen molar-refractivity contribution in [1.82, 2.24) is 5.01 Å². The van der Waals surface area contributed by atoms with E-state index in [1.165, 1.54) is 12.1 Å². The Kier molecular flexibility index (Phi) is 13.7. The van der Waals surface area contributed by atoms with Crippen molar-refractivity contribution in [2.24, 2.45) is 10.3 Å². The van der Waals surface area contributed by atoms with Gasteiger partial charge in [0.2, 0.25) is 0 Å². The van der Waals surface area contributed by atoms with Crippen LogP contribution in [-0.4, -0.2) is 31.1 Å². The molecule has 0 aliphatic heterocycles. The van der Waals surface area contributed by atoms with Crippen molar-refractivity contribution in [2.75, 3.05) is 13.1 Å². The van der Waals surface area contributed by atoms with E-state index in [9.17, 15) is 10.1 Å². The monoisotopic (exact) mass is 970 g/mol. The van der Waals surface area contributed by atoms with Crippen molar-refractivity contribution in [3.05, 3.63) is 237 Å². The van der Waals surface area contributed by atoms with Gasteiger partial charge < -0.3 is 0 Å². The normalized spacial score (nSPS) is 11.0. The molecule has 0 N–H and O–H groups in total. The molecule has 10 aromatic rings. The molecule has 0 unspecified atom stereocenters. The van der Waals surface area contributed by atoms with Crippen molar-refractivity contribution >= 4 is 62.5 Å². The zero-order valence-electron chi connectivity index (χ0n) is 41.9. The van der Waals surface area contributed by atoms with Gasteiger partial charge in [-0.1, -0.05) is 194 Å². The molecule has 74 heavy (non-hydrogen) atoms. The van der Waals surface area contributed by atoms with Crippen LogP contribution in [0.3, 0.4) is 0 Å². The first-order valence-corrected chi connectivity index (χ1v) is 28.3. The number of rotatable bonds is 7. The van der Waals surface area contributed by atoms with E-state index in [0.717, 1.165) is 112 Å². The second-order valence-corrected chi connectivity index (χ2v) is 23.7. The maximum absolute atomic E-state index is 12.6. The van der Waals surface area contributed by atoms with Crippen molar-refractivity contribution in [3.63, 3.8) is 0 Å². The van der Waals surface area contributed by atoms with Gasteiger partial charge in [0.05, 0.1) is 10.6 Å².